The van der Waals surface area contributed by atoms with Crippen molar-refractivity contribution in [3.05, 3.63) is 77.4 Å². The molecule has 1 saturated carbocycles. The number of nitrogens with one attached hydrogen (secondary N) is 1. The van der Waals surface area contributed by atoms with Crippen LogP contribution in [0.15, 0.2) is 60.7 Å². The first kappa shape index (κ1) is 13.8. The minimum atomic E-state index is -0.329. The molecule has 0 unspecified atom stereocenters. The van der Waals surface area contributed by atoms with Gasteiger partial charge < -0.3 is 5.32 Å². The van der Waals surface area contributed by atoms with Crippen LogP contribution in [0.3, 0.4) is 0 Å². The number of anilines is 1. The number of amides is 1. The van der Waals surface area contributed by atoms with E-state index in [1.165, 1.54) is 21.9 Å². The number of carbonyl (C=O) groups is 1. The van der Waals surface area contributed by atoms with Gasteiger partial charge in [0.25, 0.3) is 0 Å². The summed E-state index contributed by atoms with van der Waals surface area (Å²) in [4.78, 5) is 13.0. The highest BCUT2D eigenvalue weighted by molar-refractivity contribution is 6.08. The lowest BCUT2D eigenvalue weighted by atomic mass is 9.94. The van der Waals surface area contributed by atoms with Crippen LogP contribution in [0, 0.1) is 0 Å². The molecular formula is C22H19NO. The largest absolute Gasteiger partial charge is 0.325 e. The van der Waals surface area contributed by atoms with Crippen molar-refractivity contribution < 1.29 is 4.79 Å². The Labute approximate surface area is 141 Å². The zero-order valence-corrected chi connectivity index (χ0v) is 13.5. The molecule has 0 saturated heterocycles. The van der Waals surface area contributed by atoms with Crippen molar-refractivity contribution in [1.29, 1.82) is 0 Å². The van der Waals surface area contributed by atoms with E-state index in [1.54, 1.807) is 0 Å². The Hall–Kier alpha value is -2.61. The predicted octanol–water partition coefficient (Wildman–Crippen LogP) is 4.61. The summed E-state index contributed by atoms with van der Waals surface area (Å²) in [7, 11) is 0. The monoisotopic (exact) mass is 313 g/mol. The first-order valence-electron chi connectivity index (χ1n) is 8.68. The van der Waals surface area contributed by atoms with Gasteiger partial charge >= 0.3 is 0 Å². The maximum absolute atomic E-state index is 13.0. The Kier molecular flexibility index (Phi) is 2.84. The van der Waals surface area contributed by atoms with E-state index in [0.29, 0.717) is 0 Å². The van der Waals surface area contributed by atoms with Gasteiger partial charge in [0.05, 0.1) is 5.41 Å². The second kappa shape index (κ2) is 4.94. The summed E-state index contributed by atoms with van der Waals surface area (Å²) in [5, 5.41) is 5.76. The first-order valence-corrected chi connectivity index (χ1v) is 8.68. The maximum atomic E-state index is 13.0. The van der Waals surface area contributed by atoms with Crippen LogP contribution in [-0.4, -0.2) is 5.91 Å². The van der Waals surface area contributed by atoms with E-state index in [1.807, 2.05) is 18.2 Å². The van der Waals surface area contributed by atoms with Gasteiger partial charge in [-0.1, -0.05) is 54.6 Å². The number of benzene rings is 3. The SMILES string of the molecule is O=C(Nc1ccc2c3c(cccc13)CC2)C1(c2ccccc2)CC1. The molecule has 2 aliphatic carbocycles. The highest BCUT2D eigenvalue weighted by Gasteiger charge is 2.51. The van der Waals surface area contributed by atoms with Gasteiger partial charge in [-0.2, -0.15) is 0 Å². The summed E-state index contributed by atoms with van der Waals surface area (Å²) in [5.74, 6) is 0.132. The van der Waals surface area contributed by atoms with Crippen molar-refractivity contribution in [2.45, 2.75) is 31.1 Å². The topological polar surface area (TPSA) is 29.1 Å². The molecule has 0 bridgehead atoms. The van der Waals surface area contributed by atoms with Crippen molar-refractivity contribution >= 4 is 22.4 Å². The Balaban J connectivity index is 1.53. The summed E-state index contributed by atoms with van der Waals surface area (Å²) in [5.41, 5.74) is 4.56. The van der Waals surface area contributed by atoms with E-state index >= 15 is 0 Å². The summed E-state index contributed by atoms with van der Waals surface area (Å²) < 4.78 is 0. The second-order valence-corrected chi connectivity index (χ2v) is 7.01. The molecule has 1 N–H and O–H groups in total. The van der Waals surface area contributed by atoms with Gasteiger partial charge in [0.2, 0.25) is 5.91 Å². The van der Waals surface area contributed by atoms with Gasteiger partial charge in [-0.25, -0.2) is 0 Å². The molecule has 0 radical (unpaired) electrons. The second-order valence-electron chi connectivity index (χ2n) is 7.01. The van der Waals surface area contributed by atoms with Crippen LogP contribution in [0.25, 0.3) is 10.8 Å². The van der Waals surface area contributed by atoms with Gasteiger partial charge in [-0.3, -0.25) is 4.79 Å². The zero-order chi connectivity index (χ0) is 16.1. The molecule has 0 aliphatic heterocycles. The zero-order valence-electron chi connectivity index (χ0n) is 13.5. The van der Waals surface area contributed by atoms with Crippen LogP contribution >= 0.6 is 0 Å². The summed E-state index contributed by atoms with van der Waals surface area (Å²) in [6, 6.07) is 20.9. The summed E-state index contributed by atoms with van der Waals surface area (Å²) in [6.07, 6.45) is 4.09. The molecule has 3 aromatic carbocycles. The average Bonchev–Trinajstić information content (AvgIpc) is 3.34. The molecule has 5 rings (SSSR count). The molecule has 0 heterocycles. The predicted molar refractivity (Wildman–Crippen MR) is 97.3 cm³/mol. The Morgan fingerprint density at radius 2 is 1.58 bits per heavy atom. The lowest BCUT2D eigenvalue weighted by molar-refractivity contribution is -0.118. The molecule has 1 amide bonds. The number of hydrogen-bond acceptors (Lipinski definition) is 1. The van der Waals surface area contributed by atoms with Crippen molar-refractivity contribution in [2.24, 2.45) is 0 Å². The summed E-state index contributed by atoms with van der Waals surface area (Å²) in [6.45, 7) is 0. The van der Waals surface area contributed by atoms with Crippen LogP contribution in [0.1, 0.15) is 29.5 Å². The molecular weight excluding hydrogens is 294 g/mol. The lowest BCUT2D eigenvalue weighted by Gasteiger charge is -2.17. The third-order valence-electron chi connectivity index (χ3n) is 5.64. The fourth-order valence-corrected chi connectivity index (χ4v) is 4.13. The first-order chi connectivity index (χ1) is 11.8. The van der Waals surface area contributed by atoms with Crippen LogP contribution in [0.5, 0.6) is 0 Å². The van der Waals surface area contributed by atoms with Gasteiger partial charge in [0, 0.05) is 11.1 Å². The Morgan fingerprint density at radius 1 is 0.833 bits per heavy atom. The number of rotatable bonds is 3. The van der Waals surface area contributed by atoms with Gasteiger partial charge in [-0.05, 0) is 53.8 Å². The maximum Gasteiger partial charge on any atom is 0.235 e. The Bertz CT molecular complexity index is 944. The van der Waals surface area contributed by atoms with Gasteiger partial charge in [0.1, 0.15) is 0 Å². The van der Waals surface area contributed by atoms with Crippen LogP contribution < -0.4 is 5.32 Å². The third kappa shape index (κ3) is 1.92. The molecule has 2 heteroatoms. The van der Waals surface area contributed by atoms with Crippen molar-refractivity contribution in [2.75, 3.05) is 5.32 Å². The van der Waals surface area contributed by atoms with Gasteiger partial charge in [0.15, 0.2) is 0 Å². The molecule has 1 fully saturated rings. The number of carbonyl (C=O) groups excluding carboxylic acids is 1. The van der Waals surface area contributed by atoms with Crippen molar-refractivity contribution in [3.8, 4) is 0 Å². The van der Waals surface area contributed by atoms with E-state index in [2.05, 4.69) is 47.8 Å². The van der Waals surface area contributed by atoms with Gasteiger partial charge in [-0.15, -0.1) is 0 Å². The van der Waals surface area contributed by atoms with E-state index in [-0.39, 0.29) is 11.3 Å². The molecule has 0 atom stereocenters. The van der Waals surface area contributed by atoms with Crippen LogP contribution in [-0.2, 0) is 23.1 Å². The van der Waals surface area contributed by atoms with E-state index in [9.17, 15) is 4.79 Å². The highest BCUT2D eigenvalue weighted by atomic mass is 16.2. The highest BCUT2D eigenvalue weighted by Crippen LogP contribution is 2.49. The lowest BCUT2D eigenvalue weighted by Crippen LogP contribution is -2.27. The van der Waals surface area contributed by atoms with Crippen LogP contribution in [0.4, 0.5) is 5.69 Å². The normalized spacial score (nSPS) is 17.0. The molecule has 0 spiro atoms. The van der Waals surface area contributed by atoms with Crippen molar-refractivity contribution in [3.63, 3.8) is 0 Å². The van der Waals surface area contributed by atoms with E-state index in [4.69, 9.17) is 0 Å². The fourth-order valence-electron chi connectivity index (χ4n) is 4.13. The number of hydrogen-bond donors (Lipinski definition) is 1. The fraction of sp³-hybridized carbons (Fsp3) is 0.227. The van der Waals surface area contributed by atoms with Crippen molar-refractivity contribution in [1.82, 2.24) is 0 Å². The minimum absolute atomic E-state index is 0.132. The Morgan fingerprint density at radius 3 is 2.33 bits per heavy atom. The summed E-state index contributed by atoms with van der Waals surface area (Å²) >= 11 is 0. The standard InChI is InChI=1S/C22H19NO/c24-21(22(13-14-22)17-6-2-1-3-7-17)23-19-12-11-16-10-9-15-5-4-8-18(19)20(15)16/h1-8,11-12H,9-10,13-14H2,(H,23,24). The molecule has 2 aliphatic rings. The smallest absolute Gasteiger partial charge is 0.235 e. The van der Waals surface area contributed by atoms with Crippen LogP contribution in [0.2, 0.25) is 0 Å². The van der Waals surface area contributed by atoms with E-state index in [0.717, 1.165) is 36.9 Å². The molecule has 0 aromatic heterocycles. The molecule has 118 valence electrons. The average molecular weight is 313 g/mol. The quantitative estimate of drug-likeness (QED) is 0.752. The third-order valence-corrected chi connectivity index (χ3v) is 5.64. The molecule has 24 heavy (non-hydrogen) atoms. The number of aryl methyl sites for hydroxylation is 2. The molecule has 3 aromatic rings. The minimum Gasteiger partial charge on any atom is -0.325 e. The molecule has 2 nitrogen and oxygen atoms in total. The van der Waals surface area contributed by atoms with E-state index < -0.39 is 0 Å².